The number of hydrogen-bond donors (Lipinski definition) is 0. The van der Waals surface area contributed by atoms with Gasteiger partial charge < -0.3 is 9.64 Å². The fourth-order valence-electron chi connectivity index (χ4n) is 3.84. The normalized spacial score (nSPS) is 24.8. The highest BCUT2D eigenvalue weighted by Gasteiger charge is 2.36. The molecular weight excluding hydrogens is 368 g/mol. The number of carbonyl (C=O) groups is 1. The van der Waals surface area contributed by atoms with Gasteiger partial charge in [0.25, 0.3) is 0 Å². The molecule has 2 atom stereocenters. The first-order valence-corrected chi connectivity index (χ1v) is 9.56. The number of piperazine rings is 1. The minimum absolute atomic E-state index is 0.190. The number of benzene rings is 1. The van der Waals surface area contributed by atoms with Crippen LogP contribution in [-0.2, 0) is 11.2 Å². The summed E-state index contributed by atoms with van der Waals surface area (Å²) >= 11 is 3.57. The number of nitrogens with zero attached hydrogens (tertiary/aromatic N) is 2. The second kappa shape index (κ2) is 6.68. The third-order valence-electron chi connectivity index (χ3n) is 4.88. The molecular formula is C19H27BrN2O2. The van der Waals surface area contributed by atoms with Crippen molar-refractivity contribution < 1.29 is 9.53 Å². The van der Waals surface area contributed by atoms with Crippen LogP contribution in [0.15, 0.2) is 22.7 Å². The van der Waals surface area contributed by atoms with Gasteiger partial charge in [-0.15, -0.1) is 0 Å². The Morgan fingerprint density at radius 1 is 1.29 bits per heavy atom. The van der Waals surface area contributed by atoms with Crippen molar-refractivity contribution >= 4 is 22.0 Å². The summed E-state index contributed by atoms with van der Waals surface area (Å²) in [4.78, 5) is 16.7. The van der Waals surface area contributed by atoms with E-state index >= 15 is 0 Å². The van der Waals surface area contributed by atoms with Gasteiger partial charge in [-0.05, 0) is 63.8 Å². The Morgan fingerprint density at radius 3 is 2.71 bits per heavy atom. The van der Waals surface area contributed by atoms with Gasteiger partial charge in [-0.3, -0.25) is 4.90 Å². The van der Waals surface area contributed by atoms with Gasteiger partial charge in [-0.25, -0.2) is 4.79 Å². The summed E-state index contributed by atoms with van der Waals surface area (Å²) < 4.78 is 6.68. The van der Waals surface area contributed by atoms with Crippen LogP contribution in [0, 0.1) is 0 Å². The number of amides is 1. The van der Waals surface area contributed by atoms with Gasteiger partial charge in [0.1, 0.15) is 5.60 Å². The zero-order chi connectivity index (χ0) is 17.5. The Labute approximate surface area is 153 Å². The molecule has 1 amide bonds. The average molecular weight is 395 g/mol. The van der Waals surface area contributed by atoms with Gasteiger partial charge in [0.2, 0.25) is 0 Å². The number of rotatable bonds is 1. The molecule has 0 bridgehead atoms. The molecule has 132 valence electrons. The van der Waals surface area contributed by atoms with Crippen LogP contribution >= 0.6 is 15.9 Å². The van der Waals surface area contributed by atoms with Gasteiger partial charge in [0.05, 0.1) is 0 Å². The second-order valence-corrected chi connectivity index (χ2v) is 8.83. The molecule has 1 aromatic carbocycles. The van der Waals surface area contributed by atoms with Crippen LogP contribution in [0.1, 0.15) is 51.3 Å². The SMILES string of the molecule is CC1CN(C(=O)OC(C)(C)C)CCN1C1CCc2cc(Br)ccc21. The number of aryl methyl sites for hydroxylation is 1. The Kier molecular flexibility index (Phi) is 4.94. The molecule has 1 aliphatic heterocycles. The fourth-order valence-corrected chi connectivity index (χ4v) is 4.24. The van der Waals surface area contributed by atoms with Gasteiger partial charge >= 0.3 is 6.09 Å². The molecule has 1 heterocycles. The van der Waals surface area contributed by atoms with Crippen LogP contribution in [0.2, 0.25) is 0 Å². The number of fused-ring (bicyclic) bond motifs is 1. The van der Waals surface area contributed by atoms with E-state index in [9.17, 15) is 4.79 Å². The lowest BCUT2D eigenvalue weighted by molar-refractivity contribution is -0.00212. The lowest BCUT2D eigenvalue weighted by Crippen LogP contribution is -2.55. The number of carbonyl (C=O) groups excluding carboxylic acids is 1. The molecule has 0 saturated carbocycles. The van der Waals surface area contributed by atoms with E-state index in [1.54, 1.807) is 0 Å². The first-order valence-electron chi connectivity index (χ1n) is 8.76. The van der Waals surface area contributed by atoms with E-state index in [1.165, 1.54) is 17.5 Å². The van der Waals surface area contributed by atoms with E-state index in [4.69, 9.17) is 4.74 Å². The largest absolute Gasteiger partial charge is 0.444 e. The number of halogens is 1. The smallest absolute Gasteiger partial charge is 0.410 e. The average Bonchev–Trinajstić information content (AvgIpc) is 2.88. The van der Waals surface area contributed by atoms with Gasteiger partial charge in [-0.1, -0.05) is 22.0 Å². The van der Waals surface area contributed by atoms with Gasteiger partial charge in [-0.2, -0.15) is 0 Å². The lowest BCUT2D eigenvalue weighted by Gasteiger charge is -2.43. The number of hydrogen-bond acceptors (Lipinski definition) is 3. The standard InChI is InChI=1S/C19H27BrN2O2/c1-13-12-21(18(23)24-19(2,3)4)9-10-22(13)17-8-5-14-11-15(20)6-7-16(14)17/h6-7,11,13,17H,5,8-10,12H2,1-4H3. The maximum Gasteiger partial charge on any atom is 0.410 e. The Morgan fingerprint density at radius 2 is 2.04 bits per heavy atom. The molecule has 0 aromatic heterocycles. The van der Waals surface area contributed by atoms with E-state index in [0.717, 1.165) is 30.5 Å². The molecule has 1 saturated heterocycles. The first kappa shape index (κ1) is 17.7. The quantitative estimate of drug-likeness (QED) is 0.708. The zero-order valence-electron chi connectivity index (χ0n) is 15.0. The molecule has 24 heavy (non-hydrogen) atoms. The predicted molar refractivity (Wildman–Crippen MR) is 99.2 cm³/mol. The summed E-state index contributed by atoms with van der Waals surface area (Å²) in [5, 5.41) is 0. The van der Waals surface area contributed by atoms with Crippen molar-refractivity contribution in [3.8, 4) is 0 Å². The van der Waals surface area contributed by atoms with E-state index in [2.05, 4.69) is 46.0 Å². The molecule has 3 rings (SSSR count). The van der Waals surface area contributed by atoms with E-state index in [1.807, 2.05) is 25.7 Å². The van der Waals surface area contributed by atoms with Crippen molar-refractivity contribution in [3.63, 3.8) is 0 Å². The molecule has 4 nitrogen and oxygen atoms in total. The molecule has 1 fully saturated rings. The van der Waals surface area contributed by atoms with Crippen molar-refractivity contribution in [2.45, 2.75) is 58.2 Å². The zero-order valence-corrected chi connectivity index (χ0v) is 16.6. The summed E-state index contributed by atoms with van der Waals surface area (Å²) in [6.07, 6.45) is 2.12. The van der Waals surface area contributed by atoms with Crippen molar-refractivity contribution in [2.24, 2.45) is 0 Å². The molecule has 1 aliphatic carbocycles. The van der Waals surface area contributed by atoms with Crippen molar-refractivity contribution in [3.05, 3.63) is 33.8 Å². The van der Waals surface area contributed by atoms with Crippen LogP contribution in [0.4, 0.5) is 4.79 Å². The van der Waals surface area contributed by atoms with Crippen LogP contribution in [0.25, 0.3) is 0 Å². The maximum absolute atomic E-state index is 12.3. The summed E-state index contributed by atoms with van der Waals surface area (Å²) in [7, 11) is 0. The predicted octanol–water partition coefficient (Wildman–Crippen LogP) is 4.38. The van der Waals surface area contributed by atoms with Crippen molar-refractivity contribution in [1.82, 2.24) is 9.80 Å². The second-order valence-electron chi connectivity index (χ2n) is 7.91. The summed E-state index contributed by atoms with van der Waals surface area (Å²) in [6.45, 7) is 10.3. The van der Waals surface area contributed by atoms with Crippen LogP contribution < -0.4 is 0 Å². The minimum Gasteiger partial charge on any atom is -0.444 e. The highest BCUT2D eigenvalue weighted by molar-refractivity contribution is 9.10. The molecule has 5 heteroatoms. The molecule has 0 spiro atoms. The topological polar surface area (TPSA) is 32.8 Å². The van der Waals surface area contributed by atoms with E-state index in [-0.39, 0.29) is 6.09 Å². The third-order valence-corrected chi connectivity index (χ3v) is 5.38. The first-order chi connectivity index (χ1) is 11.2. The van der Waals surface area contributed by atoms with Gasteiger partial charge in [0.15, 0.2) is 0 Å². The third kappa shape index (κ3) is 3.77. The van der Waals surface area contributed by atoms with Crippen LogP contribution in [0.5, 0.6) is 0 Å². The molecule has 2 unspecified atom stereocenters. The molecule has 1 aromatic rings. The Bertz CT molecular complexity index is 626. The molecule has 0 N–H and O–H groups in total. The van der Waals surface area contributed by atoms with Gasteiger partial charge in [0, 0.05) is 36.2 Å². The van der Waals surface area contributed by atoms with Crippen molar-refractivity contribution in [2.75, 3.05) is 19.6 Å². The summed E-state index contributed by atoms with van der Waals surface area (Å²) in [5.74, 6) is 0. The molecule has 0 radical (unpaired) electrons. The summed E-state index contributed by atoms with van der Waals surface area (Å²) in [6, 6.07) is 7.45. The summed E-state index contributed by atoms with van der Waals surface area (Å²) in [5.41, 5.74) is 2.47. The Hall–Kier alpha value is -1.07. The Balaban J connectivity index is 1.66. The minimum atomic E-state index is -0.435. The number of ether oxygens (including phenoxy) is 1. The lowest BCUT2D eigenvalue weighted by atomic mass is 10.0. The highest BCUT2D eigenvalue weighted by Crippen LogP contribution is 2.38. The molecule has 2 aliphatic rings. The maximum atomic E-state index is 12.3. The highest BCUT2D eigenvalue weighted by atomic mass is 79.9. The van der Waals surface area contributed by atoms with Crippen LogP contribution in [-0.4, -0.2) is 47.2 Å². The van der Waals surface area contributed by atoms with E-state index < -0.39 is 5.60 Å². The van der Waals surface area contributed by atoms with E-state index in [0.29, 0.717) is 12.1 Å². The van der Waals surface area contributed by atoms with Crippen LogP contribution in [0.3, 0.4) is 0 Å². The van der Waals surface area contributed by atoms with Crippen molar-refractivity contribution in [1.29, 1.82) is 0 Å². The monoisotopic (exact) mass is 394 g/mol. The fraction of sp³-hybridized carbons (Fsp3) is 0.632.